The van der Waals surface area contributed by atoms with Crippen molar-refractivity contribution >= 4 is 11.6 Å². The summed E-state index contributed by atoms with van der Waals surface area (Å²) >= 11 is 0. The van der Waals surface area contributed by atoms with Crippen molar-refractivity contribution in [1.82, 2.24) is 9.80 Å². The first-order chi connectivity index (χ1) is 15.7. The molecule has 4 rings (SSSR count). The maximum absolute atomic E-state index is 12.8. The maximum Gasteiger partial charge on any atom is 0.573 e. The smallest absolute Gasteiger partial charge is 0.406 e. The van der Waals surface area contributed by atoms with E-state index in [1.165, 1.54) is 18.2 Å². The first-order valence-corrected chi connectivity index (χ1v) is 11.6. The minimum atomic E-state index is -4.76. The first kappa shape index (κ1) is 24.1. The van der Waals surface area contributed by atoms with Gasteiger partial charge in [-0.05, 0) is 49.8 Å². The lowest BCUT2D eigenvalue weighted by Crippen LogP contribution is -2.48. The highest BCUT2D eigenvalue weighted by Gasteiger charge is 2.51. The predicted molar refractivity (Wildman–Crippen MR) is 116 cm³/mol. The summed E-state index contributed by atoms with van der Waals surface area (Å²) in [5.41, 5.74) is 0.697. The third-order valence-corrected chi connectivity index (χ3v) is 7.33. The fourth-order valence-corrected chi connectivity index (χ4v) is 5.06. The number of aliphatic hydroxyl groups excluding tert-OH is 2. The van der Waals surface area contributed by atoms with Crippen molar-refractivity contribution in [1.29, 1.82) is 0 Å². The second-order valence-corrected chi connectivity index (χ2v) is 9.42. The van der Waals surface area contributed by atoms with E-state index in [-0.39, 0.29) is 42.2 Å². The summed E-state index contributed by atoms with van der Waals surface area (Å²) in [5.74, 6) is -0.368. The number of benzene rings is 1. The lowest BCUT2D eigenvalue weighted by molar-refractivity contribution is -0.274. The third kappa shape index (κ3) is 5.91. The number of β-amino-alcohol motifs (C(OH)–C–C–N with tert-alkyl or cyclic N) is 1. The average Bonchev–Trinajstić information content (AvgIpc) is 3.56. The van der Waals surface area contributed by atoms with Gasteiger partial charge in [-0.25, -0.2) is 0 Å². The van der Waals surface area contributed by atoms with E-state index in [9.17, 15) is 28.2 Å². The zero-order valence-electron chi connectivity index (χ0n) is 18.6. The van der Waals surface area contributed by atoms with Crippen molar-refractivity contribution in [2.45, 2.75) is 50.6 Å². The fourth-order valence-electron chi connectivity index (χ4n) is 5.06. The Hall–Kier alpha value is -2.04. The molecule has 1 spiro atoms. The molecule has 33 heavy (non-hydrogen) atoms. The van der Waals surface area contributed by atoms with E-state index in [0.29, 0.717) is 44.8 Å². The fraction of sp³-hybridized carbons (Fsp3) is 0.696. The molecule has 3 fully saturated rings. The third-order valence-electron chi connectivity index (χ3n) is 7.33. The standard InChI is InChI=1S/C23H32F3N3O4/c24-23(25,26)33-19-3-1-2-17(14-19)28-10-5-21(32)29(13-12-28)18(16-30)4-9-27-11-8-22(6-7-22)20(31)15-27/h1-3,14,18,20,30-31H,4-13,15-16H2. The van der Waals surface area contributed by atoms with Crippen LogP contribution in [0.3, 0.4) is 0 Å². The van der Waals surface area contributed by atoms with Crippen molar-refractivity contribution in [2.24, 2.45) is 5.41 Å². The van der Waals surface area contributed by atoms with Crippen molar-refractivity contribution in [3.05, 3.63) is 24.3 Å². The number of ether oxygens (including phenoxy) is 1. The normalized spacial score (nSPS) is 24.6. The number of aliphatic hydroxyl groups is 2. The second kappa shape index (κ2) is 9.68. The Morgan fingerprint density at radius 1 is 1.15 bits per heavy atom. The molecule has 2 atom stereocenters. The van der Waals surface area contributed by atoms with Gasteiger partial charge in [0.15, 0.2) is 0 Å². The van der Waals surface area contributed by atoms with Gasteiger partial charge in [0.25, 0.3) is 0 Å². The zero-order chi connectivity index (χ0) is 23.6. The number of halogens is 3. The van der Waals surface area contributed by atoms with Gasteiger partial charge in [-0.3, -0.25) is 4.79 Å². The van der Waals surface area contributed by atoms with Crippen LogP contribution in [0.25, 0.3) is 0 Å². The van der Waals surface area contributed by atoms with Crippen LogP contribution in [0.5, 0.6) is 5.75 Å². The topological polar surface area (TPSA) is 76.5 Å². The van der Waals surface area contributed by atoms with Gasteiger partial charge in [0.2, 0.25) is 5.91 Å². The average molecular weight is 472 g/mol. The second-order valence-electron chi connectivity index (χ2n) is 9.42. The molecule has 2 aliphatic heterocycles. The zero-order valence-corrected chi connectivity index (χ0v) is 18.6. The van der Waals surface area contributed by atoms with Crippen molar-refractivity contribution in [2.75, 3.05) is 50.8 Å². The van der Waals surface area contributed by atoms with Crippen molar-refractivity contribution in [3.8, 4) is 5.75 Å². The molecule has 1 aromatic rings. The molecule has 1 aromatic carbocycles. The number of amides is 1. The number of hydrogen-bond acceptors (Lipinski definition) is 6. The van der Waals surface area contributed by atoms with E-state index in [0.717, 1.165) is 25.8 Å². The number of nitrogens with zero attached hydrogens (tertiary/aromatic N) is 3. The van der Waals surface area contributed by atoms with Gasteiger partial charge in [0.05, 0.1) is 18.8 Å². The highest BCUT2D eigenvalue weighted by atomic mass is 19.4. The Morgan fingerprint density at radius 3 is 2.61 bits per heavy atom. The van der Waals surface area contributed by atoms with E-state index < -0.39 is 6.36 Å². The van der Waals surface area contributed by atoms with Crippen LogP contribution in [0, 0.1) is 5.41 Å². The molecule has 2 N–H and O–H groups in total. The summed E-state index contributed by atoms with van der Waals surface area (Å²) in [7, 11) is 0. The molecule has 184 valence electrons. The minimum absolute atomic E-state index is 0.0742. The molecule has 1 aliphatic carbocycles. The summed E-state index contributed by atoms with van der Waals surface area (Å²) in [6.45, 7) is 3.30. The molecule has 2 saturated heterocycles. The summed E-state index contributed by atoms with van der Waals surface area (Å²) in [6.07, 6.45) is -1.04. The van der Waals surface area contributed by atoms with E-state index in [1.807, 2.05) is 4.90 Å². The lowest BCUT2D eigenvalue weighted by atomic mass is 9.90. The molecule has 2 unspecified atom stereocenters. The number of likely N-dealkylation sites (tertiary alicyclic amines) is 1. The number of piperidine rings is 1. The number of carbonyl (C=O) groups excluding carboxylic acids is 1. The van der Waals surface area contributed by atoms with Crippen LogP contribution in [0.15, 0.2) is 24.3 Å². The van der Waals surface area contributed by atoms with Crippen LogP contribution in [0.4, 0.5) is 18.9 Å². The number of carbonyl (C=O) groups is 1. The molecule has 0 aromatic heterocycles. The van der Waals surface area contributed by atoms with Crippen LogP contribution in [0.2, 0.25) is 0 Å². The summed E-state index contributed by atoms with van der Waals surface area (Å²) < 4.78 is 41.7. The molecule has 2 heterocycles. The molecular formula is C23H32F3N3O4. The Bertz CT molecular complexity index is 833. The van der Waals surface area contributed by atoms with E-state index >= 15 is 0 Å². The van der Waals surface area contributed by atoms with Crippen LogP contribution < -0.4 is 9.64 Å². The molecule has 0 radical (unpaired) electrons. The van der Waals surface area contributed by atoms with E-state index in [4.69, 9.17) is 0 Å². The number of anilines is 1. The lowest BCUT2D eigenvalue weighted by Gasteiger charge is -2.38. The molecule has 3 aliphatic rings. The van der Waals surface area contributed by atoms with Gasteiger partial charge in [0.1, 0.15) is 5.75 Å². The van der Waals surface area contributed by atoms with Gasteiger partial charge in [-0.1, -0.05) is 6.07 Å². The highest BCUT2D eigenvalue weighted by molar-refractivity contribution is 5.78. The Balaban J connectivity index is 1.33. The Morgan fingerprint density at radius 2 is 1.94 bits per heavy atom. The molecule has 0 bridgehead atoms. The number of rotatable bonds is 7. The predicted octanol–water partition coefficient (Wildman–Crippen LogP) is 2.22. The Kier molecular flexibility index (Phi) is 7.07. The minimum Gasteiger partial charge on any atom is -0.406 e. The number of hydrogen-bond donors (Lipinski definition) is 2. The van der Waals surface area contributed by atoms with E-state index in [2.05, 4.69) is 9.64 Å². The maximum atomic E-state index is 12.8. The van der Waals surface area contributed by atoms with Crippen molar-refractivity contribution < 1.29 is 32.9 Å². The van der Waals surface area contributed by atoms with Crippen LogP contribution in [0.1, 0.15) is 32.1 Å². The number of alkyl halides is 3. The monoisotopic (exact) mass is 471 g/mol. The highest BCUT2D eigenvalue weighted by Crippen LogP contribution is 2.53. The Labute approximate surface area is 191 Å². The quantitative estimate of drug-likeness (QED) is 0.635. The molecule has 1 amide bonds. The SMILES string of the molecule is O=C1CCN(c2cccc(OC(F)(F)F)c2)CCN1C(CO)CCN1CCC2(CC2)C(O)C1. The first-order valence-electron chi connectivity index (χ1n) is 11.6. The van der Waals surface area contributed by atoms with Gasteiger partial charge < -0.3 is 29.6 Å². The van der Waals surface area contributed by atoms with Gasteiger partial charge in [-0.2, -0.15) is 0 Å². The molecular weight excluding hydrogens is 439 g/mol. The van der Waals surface area contributed by atoms with Crippen LogP contribution in [-0.4, -0.2) is 90.3 Å². The van der Waals surface area contributed by atoms with Gasteiger partial charge in [0, 0.05) is 50.9 Å². The molecule has 1 saturated carbocycles. The summed E-state index contributed by atoms with van der Waals surface area (Å²) in [4.78, 5) is 18.6. The van der Waals surface area contributed by atoms with Crippen LogP contribution >= 0.6 is 0 Å². The van der Waals surface area contributed by atoms with Crippen molar-refractivity contribution in [3.63, 3.8) is 0 Å². The van der Waals surface area contributed by atoms with Gasteiger partial charge >= 0.3 is 6.36 Å². The molecule has 7 nitrogen and oxygen atoms in total. The van der Waals surface area contributed by atoms with Crippen LogP contribution in [-0.2, 0) is 4.79 Å². The summed E-state index contributed by atoms with van der Waals surface area (Å²) in [6, 6.07) is 5.44. The van der Waals surface area contributed by atoms with Gasteiger partial charge in [-0.15, -0.1) is 13.2 Å². The van der Waals surface area contributed by atoms with E-state index in [1.54, 1.807) is 11.0 Å². The largest absolute Gasteiger partial charge is 0.573 e. The summed E-state index contributed by atoms with van der Waals surface area (Å²) in [5, 5.41) is 20.4. The molecule has 10 heteroatoms.